The van der Waals surface area contributed by atoms with Crippen LogP contribution in [-0.2, 0) is 16.2 Å². The lowest BCUT2D eigenvalue weighted by molar-refractivity contribution is 0.660. The molecule has 0 aromatic heterocycles. The lowest BCUT2D eigenvalue weighted by Crippen LogP contribution is -2.19. The quantitative estimate of drug-likeness (QED) is 0.178. The van der Waals surface area contributed by atoms with Crippen LogP contribution < -0.4 is 4.90 Å². The lowest BCUT2D eigenvalue weighted by Gasteiger charge is -2.33. The molecule has 0 bridgehead atoms. The maximum atomic E-state index is 2.65. The van der Waals surface area contributed by atoms with Crippen LogP contribution in [0, 0.1) is 0 Å². The van der Waals surface area contributed by atoms with E-state index in [-0.39, 0.29) is 16.2 Å². The molecule has 0 heterocycles. The van der Waals surface area contributed by atoms with Gasteiger partial charge in [0.25, 0.3) is 0 Å². The molecule has 0 saturated heterocycles. The van der Waals surface area contributed by atoms with E-state index in [9.17, 15) is 0 Å². The third-order valence-corrected chi connectivity index (χ3v) is 13.4. The Kier molecular flexibility index (Phi) is 6.21. The average molecular weight is 694 g/mol. The first-order valence-electron chi connectivity index (χ1n) is 19.5. The Labute approximate surface area is 318 Å². The minimum absolute atomic E-state index is 0.131. The molecular formula is C53H43N. The van der Waals surface area contributed by atoms with E-state index in [0.29, 0.717) is 0 Å². The molecule has 0 aliphatic heterocycles. The maximum Gasteiger partial charge on any atom is 0.0549 e. The number of nitrogens with zero attached hydrogens (tertiary/aromatic N) is 1. The van der Waals surface area contributed by atoms with E-state index in [2.05, 4.69) is 198 Å². The molecule has 8 aromatic carbocycles. The van der Waals surface area contributed by atoms with Crippen molar-refractivity contribution in [3.8, 4) is 33.4 Å². The zero-order chi connectivity index (χ0) is 36.7. The monoisotopic (exact) mass is 693 g/mol. The fraction of sp³-hybridized carbons (Fsp3) is 0.170. The summed E-state index contributed by atoms with van der Waals surface area (Å²) in [6, 6.07) is 57.6. The van der Waals surface area contributed by atoms with Gasteiger partial charge in [0.15, 0.2) is 0 Å². The predicted octanol–water partition coefficient (Wildman–Crippen LogP) is 14.4. The molecule has 0 atom stereocenters. The normalized spacial score (nSPS) is 16.0. The van der Waals surface area contributed by atoms with E-state index >= 15 is 0 Å². The summed E-state index contributed by atoms with van der Waals surface area (Å²) >= 11 is 0. The highest BCUT2D eigenvalue weighted by atomic mass is 15.2. The molecule has 0 unspecified atom stereocenters. The Morgan fingerprint density at radius 3 is 1.28 bits per heavy atom. The highest BCUT2D eigenvalue weighted by molar-refractivity contribution is 6.10. The van der Waals surface area contributed by atoms with E-state index in [1.54, 1.807) is 0 Å². The average Bonchev–Trinajstić information content (AvgIpc) is 3.68. The molecule has 3 aliphatic rings. The van der Waals surface area contributed by atoms with Gasteiger partial charge in [-0.15, -0.1) is 0 Å². The summed E-state index contributed by atoms with van der Waals surface area (Å²) in [7, 11) is 0. The van der Waals surface area contributed by atoms with Crippen LogP contribution in [-0.4, -0.2) is 0 Å². The van der Waals surface area contributed by atoms with Crippen LogP contribution in [0.25, 0.3) is 54.9 Å². The lowest BCUT2D eigenvalue weighted by atomic mass is 9.79. The molecular weight excluding hydrogens is 651 g/mol. The Hall–Kier alpha value is -5.92. The Morgan fingerprint density at radius 2 is 0.759 bits per heavy atom. The van der Waals surface area contributed by atoms with Crippen molar-refractivity contribution in [2.24, 2.45) is 0 Å². The molecule has 0 amide bonds. The molecule has 1 nitrogen and oxygen atoms in total. The summed E-state index contributed by atoms with van der Waals surface area (Å²) in [6.07, 6.45) is 0. The SMILES string of the molecule is CC1(C)c2ccccc2-c2ccc(N(c3cc4ccccc4c4c3-c3ccccc3C4(C)C)c3cc4ccccc4c4c3-c3ccccc3C4(C)C)cc21. The first-order chi connectivity index (χ1) is 26.1. The van der Waals surface area contributed by atoms with Crippen molar-refractivity contribution < 1.29 is 0 Å². The predicted molar refractivity (Wildman–Crippen MR) is 229 cm³/mol. The van der Waals surface area contributed by atoms with E-state index in [1.165, 1.54) is 105 Å². The molecule has 0 fully saturated rings. The molecule has 11 rings (SSSR count). The molecule has 0 N–H and O–H groups in total. The van der Waals surface area contributed by atoms with Crippen molar-refractivity contribution in [2.75, 3.05) is 4.90 Å². The number of anilines is 3. The van der Waals surface area contributed by atoms with Crippen molar-refractivity contribution in [3.05, 3.63) is 185 Å². The van der Waals surface area contributed by atoms with Crippen LogP contribution in [0.4, 0.5) is 17.1 Å². The molecule has 8 aromatic rings. The first kappa shape index (κ1) is 31.6. The minimum atomic E-state index is -0.172. The number of hydrogen-bond acceptors (Lipinski definition) is 1. The molecule has 54 heavy (non-hydrogen) atoms. The molecule has 1 heteroatoms. The van der Waals surface area contributed by atoms with Gasteiger partial charge in [0.1, 0.15) is 0 Å². The second kappa shape index (κ2) is 10.6. The molecule has 3 aliphatic carbocycles. The fourth-order valence-electron chi connectivity index (χ4n) is 10.9. The third-order valence-electron chi connectivity index (χ3n) is 13.4. The van der Waals surface area contributed by atoms with E-state index in [0.717, 1.165) is 0 Å². The van der Waals surface area contributed by atoms with Gasteiger partial charge >= 0.3 is 0 Å². The van der Waals surface area contributed by atoms with Crippen molar-refractivity contribution in [1.29, 1.82) is 0 Å². The topological polar surface area (TPSA) is 3.24 Å². The Balaban J connectivity index is 1.31. The van der Waals surface area contributed by atoms with Crippen molar-refractivity contribution in [1.82, 2.24) is 0 Å². The summed E-state index contributed by atoms with van der Waals surface area (Å²) in [4.78, 5) is 2.65. The van der Waals surface area contributed by atoms with Gasteiger partial charge in [0.2, 0.25) is 0 Å². The van der Waals surface area contributed by atoms with Gasteiger partial charge < -0.3 is 4.90 Å². The number of fused-ring (bicyclic) bond motifs is 13. The Morgan fingerprint density at radius 1 is 0.352 bits per heavy atom. The van der Waals surface area contributed by atoms with Gasteiger partial charge in [0, 0.05) is 33.1 Å². The van der Waals surface area contributed by atoms with Gasteiger partial charge in [0.05, 0.1) is 11.4 Å². The molecule has 260 valence electrons. The Bertz CT molecular complexity index is 2770. The van der Waals surface area contributed by atoms with Crippen LogP contribution in [0.15, 0.2) is 152 Å². The second-order valence-corrected chi connectivity index (χ2v) is 17.3. The minimum Gasteiger partial charge on any atom is -0.309 e. The van der Waals surface area contributed by atoms with Gasteiger partial charge in [-0.1, -0.05) is 169 Å². The van der Waals surface area contributed by atoms with E-state index in [1.807, 2.05) is 0 Å². The van der Waals surface area contributed by atoms with E-state index < -0.39 is 0 Å². The van der Waals surface area contributed by atoms with Crippen LogP contribution in [0.5, 0.6) is 0 Å². The summed E-state index contributed by atoms with van der Waals surface area (Å²) < 4.78 is 0. The van der Waals surface area contributed by atoms with E-state index in [4.69, 9.17) is 0 Å². The second-order valence-electron chi connectivity index (χ2n) is 17.3. The van der Waals surface area contributed by atoms with Crippen molar-refractivity contribution >= 4 is 38.6 Å². The smallest absolute Gasteiger partial charge is 0.0549 e. The summed E-state index contributed by atoms with van der Waals surface area (Å²) in [5.41, 5.74) is 19.6. The van der Waals surface area contributed by atoms with Crippen LogP contribution in [0.3, 0.4) is 0 Å². The van der Waals surface area contributed by atoms with Gasteiger partial charge in [-0.3, -0.25) is 0 Å². The van der Waals surface area contributed by atoms with Crippen LogP contribution >= 0.6 is 0 Å². The number of benzene rings is 8. The summed E-state index contributed by atoms with van der Waals surface area (Å²) in [5.74, 6) is 0. The van der Waals surface area contributed by atoms with Gasteiger partial charge in [-0.25, -0.2) is 0 Å². The first-order valence-corrected chi connectivity index (χ1v) is 19.5. The van der Waals surface area contributed by atoms with Crippen molar-refractivity contribution in [3.63, 3.8) is 0 Å². The summed E-state index contributed by atoms with van der Waals surface area (Å²) in [6.45, 7) is 14.5. The number of rotatable bonds is 3. The van der Waals surface area contributed by atoms with Gasteiger partial charge in [-0.05, 0) is 101 Å². The zero-order valence-electron chi connectivity index (χ0n) is 31.9. The van der Waals surface area contributed by atoms with Crippen molar-refractivity contribution in [2.45, 2.75) is 57.8 Å². The largest absolute Gasteiger partial charge is 0.309 e. The molecule has 0 radical (unpaired) electrons. The highest BCUT2D eigenvalue weighted by Gasteiger charge is 2.43. The zero-order valence-corrected chi connectivity index (χ0v) is 31.9. The fourth-order valence-corrected chi connectivity index (χ4v) is 10.9. The van der Waals surface area contributed by atoms with Crippen LogP contribution in [0.2, 0.25) is 0 Å². The maximum absolute atomic E-state index is 2.65. The third kappa shape index (κ3) is 3.94. The molecule has 0 spiro atoms. The highest BCUT2D eigenvalue weighted by Crippen LogP contribution is 2.61. The number of hydrogen-bond donors (Lipinski definition) is 0. The van der Waals surface area contributed by atoms with Gasteiger partial charge in [-0.2, -0.15) is 0 Å². The standard InChI is InChI=1S/C53H43N/c1-51(2)41-24-14-11-21-37(41)38-28-27-34(31-44(38)51)54(45-29-32-17-7-9-19-35(32)49-47(45)39-22-12-15-25-42(39)52(49,3)4)46-30-33-18-8-10-20-36(33)50-48(46)40-23-13-16-26-43(40)53(50,5)6/h7-31H,1-6H3. The van der Waals surface area contributed by atoms with Crippen LogP contribution in [0.1, 0.15) is 74.9 Å². The molecule has 0 saturated carbocycles. The summed E-state index contributed by atoms with van der Waals surface area (Å²) in [5, 5.41) is 5.20.